The number of benzene rings is 1. The summed E-state index contributed by atoms with van der Waals surface area (Å²) < 4.78 is 1.63. The first kappa shape index (κ1) is 12.2. The van der Waals surface area contributed by atoms with Crippen LogP contribution in [0.25, 0.3) is 5.69 Å². The molecular weight excluding hydrogens is 230 g/mol. The summed E-state index contributed by atoms with van der Waals surface area (Å²) in [5.41, 5.74) is 2.79. The van der Waals surface area contributed by atoms with Crippen molar-refractivity contribution in [1.82, 2.24) is 9.78 Å². The van der Waals surface area contributed by atoms with Gasteiger partial charge < -0.3 is 10.0 Å². The van der Waals surface area contributed by atoms with Crippen LogP contribution in [0.1, 0.15) is 16.2 Å². The van der Waals surface area contributed by atoms with Crippen LogP contribution in [0, 0.1) is 6.92 Å². The van der Waals surface area contributed by atoms with Gasteiger partial charge in [0, 0.05) is 25.5 Å². The molecule has 2 aromatic rings. The smallest absolute Gasteiger partial charge is 0.356 e. The average molecular weight is 245 g/mol. The molecular formula is C13H15N3O2. The molecule has 0 atom stereocenters. The van der Waals surface area contributed by atoms with Crippen LogP contribution in [-0.4, -0.2) is 35.0 Å². The molecule has 0 aliphatic heterocycles. The van der Waals surface area contributed by atoms with Crippen molar-refractivity contribution in [3.63, 3.8) is 0 Å². The lowest BCUT2D eigenvalue weighted by molar-refractivity contribution is 0.0690. The van der Waals surface area contributed by atoms with Crippen LogP contribution >= 0.6 is 0 Å². The molecule has 18 heavy (non-hydrogen) atoms. The summed E-state index contributed by atoms with van der Waals surface area (Å²) in [4.78, 5) is 12.9. The number of carbonyl (C=O) groups is 1. The Bertz CT molecular complexity index is 570. The number of anilines is 1. The normalized spacial score (nSPS) is 10.4. The van der Waals surface area contributed by atoms with Crippen LogP contribution in [0.3, 0.4) is 0 Å². The number of aromatic nitrogens is 2. The molecule has 5 heteroatoms. The largest absolute Gasteiger partial charge is 0.476 e. The lowest BCUT2D eigenvalue weighted by Gasteiger charge is -2.13. The van der Waals surface area contributed by atoms with Gasteiger partial charge in [-0.2, -0.15) is 5.10 Å². The maximum Gasteiger partial charge on any atom is 0.356 e. The Morgan fingerprint density at radius 3 is 2.33 bits per heavy atom. The zero-order valence-electron chi connectivity index (χ0n) is 10.6. The van der Waals surface area contributed by atoms with E-state index in [1.165, 1.54) is 0 Å². The standard InChI is InChI=1S/C13H15N3O2/c1-9-8-12(13(17)18)14-16(9)11-6-4-10(5-7-11)15(2)3/h4-8H,1-3H3,(H,17,18). The topological polar surface area (TPSA) is 58.4 Å². The van der Waals surface area contributed by atoms with Crippen molar-refractivity contribution in [2.24, 2.45) is 0 Å². The van der Waals surface area contributed by atoms with Gasteiger partial charge in [-0.1, -0.05) is 0 Å². The number of aromatic carboxylic acids is 1. The summed E-state index contributed by atoms with van der Waals surface area (Å²) in [5.74, 6) is -1.01. The van der Waals surface area contributed by atoms with Gasteiger partial charge in [-0.3, -0.25) is 0 Å². The highest BCUT2D eigenvalue weighted by Gasteiger charge is 2.11. The maximum atomic E-state index is 10.9. The van der Waals surface area contributed by atoms with Gasteiger partial charge in [-0.05, 0) is 37.3 Å². The van der Waals surface area contributed by atoms with Gasteiger partial charge in [0.25, 0.3) is 0 Å². The third kappa shape index (κ3) is 2.20. The van der Waals surface area contributed by atoms with Crippen LogP contribution in [0.2, 0.25) is 0 Å². The molecule has 0 amide bonds. The number of carboxylic acids is 1. The number of hydrogen-bond donors (Lipinski definition) is 1. The molecule has 0 saturated carbocycles. The van der Waals surface area contributed by atoms with Gasteiger partial charge in [0.2, 0.25) is 0 Å². The van der Waals surface area contributed by atoms with Crippen LogP contribution in [0.5, 0.6) is 0 Å². The third-order valence-electron chi connectivity index (χ3n) is 2.72. The molecule has 0 aliphatic carbocycles. The third-order valence-corrected chi connectivity index (χ3v) is 2.72. The van der Waals surface area contributed by atoms with E-state index in [1.807, 2.05) is 50.2 Å². The Hall–Kier alpha value is -2.30. The number of carboxylic acid groups (broad SMARTS) is 1. The number of rotatable bonds is 3. The molecule has 0 bridgehead atoms. The first-order valence-electron chi connectivity index (χ1n) is 5.57. The molecule has 0 saturated heterocycles. The molecule has 1 aromatic heterocycles. The molecule has 2 rings (SSSR count). The highest BCUT2D eigenvalue weighted by Crippen LogP contribution is 2.17. The quantitative estimate of drug-likeness (QED) is 0.897. The summed E-state index contributed by atoms with van der Waals surface area (Å²) >= 11 is 0. The summed E-state index contributed by atoms with van der Waals surface area (Å²) in [5, 5.41) is 13.0. The second-order valence-corrected chi connectivity index (χ2v) is 4.30. The maximum absolute atomic E-state index is 10.9. The van der Waals surface area contributed by atoms with E-state index in [4.69, 9.17) is 5.11 Å². The molecule has 0 spiro atoms. The Balaban J connectivity index is 2.39. The van der Waals surface area contributed by atoms with Crippen molar-refractivity contribution in [2.45, 2.75) is 6.92 Å². The van der Waals surface area contributed by atoms with Crippen LogP contribution in [0.15, 0.2) is 30.3 Å². The molecule has 1 aromatic carbocycles. The van der Waals surface area contributed by atoms with E-state index in [9.17, 15) is 4.79 Å². The molecule has 94 valence electrons. The van der Waals surface area contributed by atoms with Gasteiger partial charge in [0.1, 0.15) is 0 Å². The second kappa shape index (κ2) is 4.52. The number of aryl methyl sites for hydroxylation is 1. The van der Waals surface area contributed by atoms with Gasteiger partial charge in [0.15, 0.2) is 5.69 Å². The molecule has 0 aliphatic rings. The predicted molar refractivity (Wildman–Crippen MR) is 69.6 cm³/mol. The minimum atomic E-state index is -1.01. The van der Waals surface area contributed by atoms with Crippen molar-refractivity contribution in [2.75, 3.05) is 19.0 Å². The highest BCUT2D eigenvalue weighted by molar-refractivity contribution is 5.85. The monoisotopic (exact) mass is 245 g/mol. The van der Waals surface area contributed by atoms with E-state index in [2.05, 4.69) is 5.10 Å². The zero-order valence-corrected chi connectivity index (χ0v) is 10.6. The SMILES string of the molecule is Cc1cc(C(=O)O)nn1-c1ccc(N(C)C)cc1. The van der Waals surface area contributed by atoms with E-state index in [-0.39, 0.29) is 5.69 Å². The minimum absolute atomic E-state index is 0.0594. The van der Waals surface area contributed by atoms with E-state index in [1.54, 1.807) is 10.7 Å². The van der Waals surface area contributed by atoms with E-state index in [0.717, 1.165) is 17.1 Å². The first-order valence-corrected chi connectivity index (χ1v) is 5.57. The van der Waals surface area contributed by atoms with Gasteiger partial charge in [0.05, 0.1) is 5.69 Å². The van der Waals surface area contributed by atoms with Gasteiger partial charge in [-0.25, -0.2) is 9.48 Å². The number of hydrogen-bond acceptors (Lipinski definition) is 3. The molecule has 0 fully saturated rings. The van der Waals surface area contributed by atoms with Crippen molar-refractivity contribution < 1.29 is 9.90 Å². The molecule has 0 unspecified atom stereocenters. The van der Waals surface area contributed by atoms with Crippen molar-refractivity contribution >= 4 is 11.7 Å². The first-order chi connectivity index (χ1) is 8.49. The summed E-state index contributed by atoms with van der Waals surface area (Å²) in [6, 6.07) is 9.33. The van der Waals surface area contributed by atoms with Crippen molar-refractivity contribution in [3.8, 4) is 5.69 Å². The van der Waals surface area contributed by atoms with Crippen molar-refractivity contribution in [1.29, 1.82) is 0 Å². The van der Waals surface area contributed by atoms with E-state index in [0.29, 0.717) is 0 Å². The minimum Gasteiger partial charge on any atom is -0.476 e. The van der Waals surface area contributed by atoms with Crippen molar-refractivity contribution in [3.05, 3.63) is 41.7 Å². The molecule has 1 N–H and O–H groups in total. The zero-order chi connectivity index (χ0) is 13.3. The molecule has 5 nitrogen and oxygen atoms in total. The van der Waals surface area contributed by atoms with Gasteiger partial charge >= 0.3 is 5.97 Å². The van der Waals surface area contributed by atoms with Gasteiger partial charge in [-0.15, -0.1) is 0 Å². The fourth-order valence-electron chi connectivity index (χ4n) is 1.73. The Morgan fingerprint density at radius 1 is 1.28 bits per heavy atom. The average Bonchev–Trinajstić information content (AvgIpc) is 2.71. The number of nitrogens with zero attached hydrogens (tertiary/aromatic N) is 3. The lowest BCUT2D eigenvalue weighted by Crippen LogP contribution is -2.08. The van der Waals surface area contributed by atoms with Crippen LogP contribution in [0.4, 0.5) is 5.69 Å². The molecule has 1 heterocycles. The predicted octanol–water partition coefficient (Wildman–Crippen LogP) is 1.94. The van der Waals surface area contributed by atoms with Crippen LogP contribution < -0.4 is 4.90 Å². The fraction of sp³-hybridized carbons (Fsp3) is 0.231. The lowest BCUT2D eigenvalue weighted by atomic mass is 10.2. The Morgan fingerprint density at radius 2 is 1.89 bits per heavy atom. The summed E-state index contributed by atoms with van der Waals surface area (Å²) in [7, 11) is 3.94. The fourth-order valence-corrected chi connectivity index (χ4v) is 1.73. The van der Waals surface area contributed by atoms with E-state index < -0.39 is 5.97 Å². The highest BCUT2D eigenvalue weighted by atomic mass is 16.4. The summed E-state index contributed by atoms with van der Waals surface area (Å²) in [6.07, 6.45) is 0. The summed E-state index contributed by atoms with van der Waals surface area (Å²) in [6.45, 7) is 1.83. The van der Waals surface area contributed by atoms with E-state index >= 15 is 0 Å². The van der Waals surface area contributed by atoms with Crippen LogP contribution in [-0.2, 0) is 0 Å². The molecule has 0 radical (unpaired) electrons. The second-order valence-electron chi connectivity index (χ2n) is 4.30. The Kier molecular flexibility index (Phi) is 3.06. The Labute approximate surface area is 105 Å².